The van der Waals surface area contributed by atoms with E-state index in [1.807, 2.05) is 18.2 Å². The van der Waals surface area contributed by atoms with Crippen LogP contribution in [0.3, 0.4) is 0 Å². The van der Waals surface area contributed by atoms with E-state index in [9.17, 15) is 0 Å². The van der Waals surface area contributed by atoms with E-state index in [0.29, 0.717) is 11.1 Å². The molecule has 0 saturated carbocycles. The molecule has 18 heavy (non-hydrogen) atoms. The van der Waals surface area contributed by atoms with Crippen LogP contribution in [-0.4, -0.2) is 11.0 Å². The molecule has 0 spiro atoms. The molecule has 0 aliphatic heterocycles. The highest BCUT2D eigenvalue weighted by Gasteiger charge is 2.08. The first-order valence-corrected chi connectivity index (χ1v) is 6.92. The number of aromatic nitrogens is 1. The highest BCUT2D eigenvalue weighted by Crippen LogP contribution is 2.24. The predicted octanol–water partition coefficient (Wildman–Crippen LogP) is 4.52. The molecule has 2 heterocycles. The lowest BCUT2D eigenvalue weighted by Gasteiger charge is -2.14. The van der Waals surface area contributed by atoms with E-state index in [0.717, 1.165) is 28.9 Å². The molecule has 0 bridgehead atoms. The summed E-state index contributed by atoms with van der Waals surface area (Å²) in [6, 6.07) is 6.03. The Morgan fingerprint density at radius 2 is 2.39 bits per heavy atom. The minimum atomic E-state index is 0.306. The van der Waals surface area contributed by atoms with Crippen molar-refractivity contribution in [2.45, 2.75) is 25.8 Å². The fourth-order valence-electron chi connectivity index (χ4n) is 1.64. The van der Waals surface area contributed by atoms with Gasteiger partial charge in [0, 0.05) is 18.7 Å². The second-order valence-corrected chi connectivity index (χ2v) is 5.44. The summed E-state index contributed by atoms with van der Waals surface area (Å²) in [6.07, 6.45) is 5.22. The van der Waals surface area contributed by atoms with E-state index in [1.165, 1.54) is 0 Å². The highest BCUT2D eigenvalue weighted by atomic mass is 79.9. The summed E-state index contributed by atoms with van der Waals surface area (Å²) in [7, 11) is 0. The lowest BCUT2D eigenvalue weighted by molar-refractivity contribution is 0.495. The largest absolute Gasteiger partial charge is 0.469 e. The van der Waals surface area contributed by atoms with Gasteiger partial charge in [0.25, 0.3) is 0 Å². The van der Waals surface area contributed by atoms with Gasteiger partial charge in [-0.1, -0.05) is 11.6 Å². The molecule has 2 rings (SSSR count). The number of pyridine rings is 1. The molecule has 0 aliphatic carbocycles. The molecular weight excluding hydrogens is 316 g/mol. The summed E-state index contributed by atoms with van der Waals surface area (Å²) in [4.78, 5) is 4.25. The van der Waals surface area contributed by atoms with Crippen LogP contribution in [0.2, 0.25) is 5.02 Å². The quantitative estimate of drug-likeness (QED) is 0.876. The van der Waals surface area contributed by atoms with Crippen LogP contribution in [0.1, 0.15) is 19.1 Å². The van der Waals surface area contributed by atoms with Gasteiger partial charge in [0.15, 0.2) is 0 Å². The third-order valence-electron chi connectivity index (χ3n) is 2.59. The second kappa shape index (κ2) is 6.25. The monoisotopic (exact) mass is 328 g/mol. The van der Waals surface area contributed by atoms with E-state index in [4.69, 9.17) is 16.0 Å². The molecule has 0 fully saturated rings. The first kappa shape index (κ1) is 13.4. The van der Waals surface area contributed by atoms with Crippen LogP contribution in [0.15, 0.2) is 39.5 Å². The van der Waals surface area contributed by atoms with Gasteiger partial charge in [-0.2, -0.15) is 0 Å². The van der Waals surface area contributed by atoms with Crippen molar-refractivity contribution in [3.05, 3.63) is 45.9 Å². The number of nitrogens with one attached hydrogen (secondary N) is 1. The lowest BCUT2D eigenvalue weighted by Crippen LogP contribution is -2.17. The molecule has 0 aromatic carbocycles. The van der Waals surface area contributed by atoms with E-state index in [1.54, 1.807) is 12.5 Å². The minimum Gasteiger partial charge on any atom is -0.469 e. The predicted molar refractivity (Wildman–Crippen MR) is 77.1 cm³/mol. The molecule has 2 aromatic heterocycles. The topological polar surface area (TPSA) is 38.1 Å². The molecule has 1 N–H and O–H groups in total. The third kappa shape index (κ3) is 3.75. The van der Waals surface area contributed by atoms with Crippen LogP contribution in [0.5, 0.6) is 0 Å². The van der Waals surface area contributed by atoms with Crippen molar-refractivity contribution in [1.82, 2.24) is 4.98 Å². The summed E-state index contributed by atoms with van der Waals surface area (Å²) in [5, 5.41) is 3.96. The Labute approximate surface area is 120 Å². The Hall–Kier alpha value is -1.000. The molecule has 0 amide bonds. The van der Waals surface area contributed by atoms with Gasteiger partial charge in [-0.3, -0.25) is 0 Å². The number of anilines is 1. The Bertz CT molecular complexity index is 502. The van der Waals surface area contributed by atoms with E-state index < -0.39 is 0 Å². The molecule has 0 saturated heterocycles. The average Bonchev–Trinajstić information content (AvgIpc) is 2.83. The van der Waals surface area contributed by atoms with Gasteiger partial charge in [-0.15, -0.1) is 0 Å². The molecule has 96 valence electrons. The summed E-state index contributed by atoms with van der Waals surface area (Å²) in [6.45, 7) is 2.12. The van der Waals surface area contributed by atoms with Gasteiger partial charge in [-0.05, 0) is 47.5 Å². The highest BCUT2D eigenvalue weighted by molar-refractivity contribution is 9.10. The minimum absolute atomic E-state index is 0.306. The van der Waals surface area contributed by atoms with Crippen molar-refractivity contribution >= 4 is 33.3 Å². The first-order valence-electron chi connectivity index (χ1n) is 5.75. The zero-order valence-corrected chi connectivity index (χ0v) is 12.3. The molecular formula is C13H14BrClN2O. The summed E-state index contributed by atoms with van der Waals surface area (Å²) >= 11 is 9.29. The van der Waals surface area contributed by atoms with Gasteiger partial charge in [0.2, 0.25) is 0 Å². The molecule has 3 nitrogen and oxygen atoms in total. The Kier molecular flexibility index (Phi) is 4.66. The lowest BCUT2D eigenvalue weighted by atomic mass is 10.1. The van der Waals surface area contributed by atoms with Crippen LogP contribution >= 0.6 is 27.5 Å². The number of nitrogens with zero attached hydrogens (tertiary/aromatic N) is 1. The van der Waals surface area contributed by atoms with Crippen molar-refractivity contribution in [3.8, 4) is 0 Å². The number of hydrogen-bond acceptors (Lipinski definition) is 3. The smallest absolute Gasteiger partial charge is 0.140 e. The van der Waals surface area contributed by atoms with Gasteiger partial charge in [0.05, 0.1) is 15.8 Å². The number of rotatable bonds is 5. The number of aryl methyl sites for hydroxylation is 1. The van der Waals surface area contributed by atoms with Crippen LogP contribution in [0.4, 0.5) is 5.82 Å². The van der Waals surface area contributed by atoms with Crippen LogP contribution in [0, 0.1) is 0 Å². The molecule has 2 aromatic rings. The fourth-order valence-corrected chi connectivity index (χ4v) is 2.39. The summed E-state index contributed by atoms with van der Waals surface area (Å²) in [5.74, 6) is 1.82. The van der Waals surface area contributed by atoms with Crippen molar-refractivity contribution in [3.63, 3.8) is 0 Å². The van der Waals surface area contributed by atoms with E-state index in [2.05, 4.69) is 33.2 Å². The SMILES string of the molecule is CC(CCc1ccco1)Nc1ncc(Cl)cc1Br. The standard InChI is InChI=1S/C13H14BrClN2O/c1-9(4-5-11-3-2-6-18-11)17-13-12(14)7-10(15)8-16-13/h2-3,6-9H,4-5H2,1H3,(H,16,17). The van der Waals surface area contributed by atoms with Crippen LogP contribution < -0.4 is 5.32 Å². The van der Waals surface area contributed by atoms with Crippen molar-refractivity contribution in [2.75, 3.05) is 5.32 Å². The summed E-state index contributed by atoms with van der Waals surface area (Å²) < 4.78 is 6.18. The van der Waals surface area contributed by atoms with Crippen molar-refractivity contribution in [2.24, 2.45) is 0 Å². The average molecular weight is 330 g/mol. The molecule has 1 atom stereocenters. The van der Waals surface area contributed by atoms with Crippen molar-refractivity contribution < 1.29 is 4.42 Å². The molecule has 1 unspecified atom stereocenters. The molecule has 5 heteroatoms. The summed E-state index contributed by atoms with van der Waals surface area (Å²) in [5.41, 5.74) is 0. The van der Waals surface area contributed by atoms with E-state index in [-0.39, 0.29) is 0 Å². The normalized spacial score (nSPS) is 12.4. The Morgan fingerprint density at radius 1 is 1.56 bits per heavy atom. The van der Waals surface area contributed by atoms with Gasteiger partial charge < -0.3 is 9.73 Å². The number of furan rings is 1. The van der Waals surface area contributed by atoms with Crippen LogP contribution in [0.25, 0.3) is 0 Å². The number of hydrogen-bond donors (Lipinski definition) is 1. The van der Waals surface area contributed by atoms with Gasteiger partial charge >= 0.3 is 0 Å². The van der Waals surface area contributed by atoms with Crippen molar-refractivity contribution in [1.29, 1.82) is 0 Å². The van der Waals surface area contributed by atoms with Gasteiger partial charge in [0.1, 0.15) is 11.6 Å². The Morgan fingerprint density at radius 3 is 3.06 bits per heavy atom. The maximum Gasteiger partial charge on any atom is 0.140 e. The third-order valence-corrected chi connectivity index (χ3v) is 3.41. The maximum atomic E-state index is 5.85. The van der Waals surface area contributed by atoms with E-state index >= 15 is 0 Å². The fraction of sp³-hybridized carbons (Fsp3) is 0.308. The van der Waals surface area contributed by atoms with Gasteiger partial charge in [-0.25, -0.2) is 4.98 Å². The van der Waals surface area contributed by atoms with Crippen LogP contribution in [-0.2, 0) is 6.42 Å². The molecule has 0 radical (unpaired) electrons. The first-order chi connectivity index (χ1) is 8.65. The maximum absolute atomic E-state index is 5.85. The zero-order chi connectivity index (χ0) is 13.0. The zero-order valence-electron chi connectivity index (χ0n) is 9.99. The number of halogens is 2. The second-order valence-electron chi connectivity index (χ2n) is 4.15. The molecule has 0 aliphatic rings. The Balaban J connectivity index is 1.88.